The van der Waals surface area contributed by atoms with Crippen LogP contribution in [0.15, 0.2) is 66.1 Å². The van der Waals surface area contributed by atoms with E-state index in [1.807, 2.05) is 48.7 Å². The van der Waals surface area contributed by atoms with E-state index in [2.05, 4.69) is 25.9 Å². The van der Waals surface area contributed by atoms with Crippen molar-refractivity contribution in [1.82, 2.24) is 20.6 Å². The molecule has 0 atom stereocenters. The maximum absolute atomic E-state index is 14.8. The third-order valence-corrected chi connectivity index (χ3v) is 6.64. The van der Waals surface area contributed by atoms with Crippen LogP contribution in [0, 0.1) is 0 Å². The molecule has 1 fully saturated rings. The molecule has 2 aromatic carbocycles. The van der Waals surface area contributed by atoms with Gasteiger partial charge in [-0.25, -0.2) is 14.4 Å². The fourth-order valence-electron chi connectivity index (χ4n) is 3.70. The summed E-state index contributed by atoms with van der Waals surface area (Å²) in [4.78, 5) is 33.8. The third kappa shape index (κ3) is 5.97. The van der Waals surface area contributed by atoms with E-state index in [1.165, 1.54) is 18.7 Å². The number of alkyl halides is 1. The van der Waals surface area contributed by atoms with Crippen molar-refractivity contribution in [1.29, 1.82) is 0 Å². The second kappa shape index (κ2) is 10.0. The van der Waals surface area contributed by atoms with Crippen molar-refractivity contribution in [2.75, 3.05) is 11.6 Å². The lowest BCUT2D eigenvalue weighted by Crippen LogP contribution is -2.48. The maximum Gasteiger partial charge on any atom is 0.255 e. The molecule has 0 spiro atoms. The molecule has 3 aromatic rings. The van der Waals surface area contributed by atoms with E-state index in [4.69, 9.17) is 0 Å². The zero-order chi connectivity index (χ0) is 25.1. The number of amides is 2. The lowest BCUT2D eigenvalue weighted by molar-refractivity contribution is -0.124. The SMILES string of the molecule is CSc1ccc(Nc2ccc(CNC(=O)C3(NC(=O)c4cncnc4)CC3)cc2)c(C(C)(C)F)c1. The van der Waals surface area contributed by atoms with Crippen molar-refractivity contribution >= 4 is 35.0 Å². The monoisotopic (exact) mass is 493 g/mol. The van der Waals surface area contributed by atoms with Gasteiger partial charge < -0.3 is 16.0 Å². The van der Waals surface area contributed by atoms with Gasteiger partial charge in [0.2, 0.25) is 5.91 Å². The number of thioether (sulfide) groups is 1. The van der Waals surface area contributed by atoms with Crippen LogP contribution in [0.3, 0.4) is 0 Å². The molecule has 4 rings (SSSR count). The number of hydrogen-bond acceptors (Lipinski definition) is 6. The molecular formula is C26H28FN5O2S. The summed E-state index contributed by atoms with van der Waals surface area (Å²) in [6.45, 7) is 3.43. The van der Waals surface area contributed by atoms with Crippen LogP contribution in [0.5, 0.6) is 0 Å². The van der Waals surface area contributed by atoms with Gasteiger partial charge in [0.1, 0.15) is 17.5 Å². The highest BCUT2D eigenvalue weighted by atomic mass is 32.2. The molecule has 1 saturated carbocycles. The lowest BCUT2D eigenvalue weighted by Gasteiger charge is -2.21. The van der Waals surface area contributed by atoms with Gasteiger partial charge in [0.25, 0.3) is 5.91 Å². The Morgan fingerprint density at radius 2 is 1.77 bits per heavy atom. The Kier molecular flexibility index (Phi) is 7.07. The summed E-state index contributed by atoms with van der Waals surface area (Å²) in [5, 5.41) is 9.02. The molecule has 1 aromatic heterocycles. The normalized spacial score (nSPS) is 14.2. The number of halogens is 1. The first-order valence-electron chi connectivity index (χ1n) is 11.3. The van der Waals surface area contributed by atoms with E-state index in [0.717, 1.165) is 16.1 Å². The number of nitrogens with zero attached hydrogens (tertiary/aromatic N) is 2. The molecule has 9 heteroatoms. The minimum atomic E-state index is -1.49. The first-order valence-corrected chi connectivity index (χ1v) is 12.5. The van der Waals surface area contributed by atoms with Crippen molar-refractivity contribution in [2.24, 2.45) is 0 Å². The Morgan fingerprint density at radius 3 is 2.37 bits per heavy atom. The molecule has 7 nitrogen and oxygen atoms in total. The van der Waals surface area contributed by atoms with Gasteiger partial charge in [-0.15, -0.1) is 11.8 Å². The zero-order valence-corrected chi connectivity index (χ0v) is 20.7. The molecule has 0 unspecified atom stereocenters. The summed E-state index contributed by atoms with van der Waals surface area (Å²) in [6, 6.07) is 13.3. The summed E-state index contributed by atoms with van der Waals surface area (Å²) in [5.41, 5.74) is 0.986. The maximum atomic E-state index is 14.8. The standard InChI is InChI=1S/C26H28FN5O2S/c1-25(2,27)21-12-20(35-3)8-9-22(21)31-19-6-4-17(5-7-19)13-30-24(34)26(10-11-26)32-23(33)18-14-28-16-29-15-18/h4-9,12,14-16,31H,10-11,13H2,1-3H3,(H,30,34)(H,32,33). The third-order valence-electron chi connectivity index (χ3n) is 5.91. The average molecular weight is 494 g/mol. The van der Waals surface area contributed by atoms with Crippen LogP contribution in [-0.4, -0.2) is 33.6 Å². The highest BCUT2D eigenvalue weighted by Crippen LogP contribution is 2.37. The lowest BCUT2D eigenvalue weighted by atomic mass is 9.98. The van der Waals surface area contributed by atoms with Crippen molar-refractivity contribution < 1.29 is 14.0 Å². The summed E-state index contributed by atoms with van der Waals surface area (Å²) in [7, 11) is 0. The predicted octanol–water partition coefficient (Wildman–Crippen LogP) is 4.73. The Hall–Kier alpha value is -3.46. The van der Waals surface area contributed by atoms with Gasteiger partial charge in [-0.1, -0.05) is 12.1 Å². The first-order chi connectivity index (χ1) is 16.7. The van der Waals surface area contributed by atoms with Crippen molar-refractivity contribution in [3.63, 3.8) is 0 Å². The second-order valence-corrected chi connectivity index (χ2v) is 9.93. The fourth-order valence-corrected chi connectivity index (χ4v) is 4.14. The summed E-state index contributed by atoms with van der Waals surface area (Å²) < 4.78 is 14.8. The van der Waals surface area contributed by atoms with Crippen LogP contribution in [0.4, 0.5) is 15.8 Å². The summed E-state index contributed by atoms with van der Waals surface area (Å²) >= 11 is 1.57. The number of carbonyl (C=O) groups excluding carboxylic acids is 2. The highest BCUT2D eigenvalue weighted by molar-refractivity contribution is 7.98. The highest BCUT2D eigenvalue weighted by Gasteiger charge is 2.51. The number of hydrogen-bond donors (Lipinski definition) is 3. The van der Waals surface area contributed by atoms with Gasteiger partial charge in [-0.05, 0) is 68.8 Å². The predicted molar refractivity (Wildman–Crippen MR) is 135 cm³/mol. The summed E-state index contributed by atoms with van der Waals surface area (Å²) in [6.07, 6.45) is 7.32. The molecule has 2 amide bonds. The first kappa shape index (κ1) is 24.7. The van der Waals surface area contributed by atoms with E-state index >= 15 is 0 Å². The van der Waals surface area contributed by atoms with Gasteiger partial charge in [-0.3, -0.25) is 9.59 Å². The molecule has 0 aliphatic heterocycles. The second-order valence-electron chi connectivity index (χ2n) is 9.05. The van der Waals surface area contributed by atoms with Crippen molar-refractivity contribution in [3.05, 3.63) is 77.9 Å². The number of nitrogens with one attached hydrogen (secondary N) is 3. The Bertz CT molecular complexity index is 1210. The quantitative estimate of drug-likeness (QED) is 0.373. The summed E-state index contributed by atoms with van der Waals surface area (Å²) in [5.74, 6) is -0.580. The van der Waals surface area contributed by atoms with Crippen LogP contribution >= 0.6 is 11.8 Å². The van der Waals surface area contributed by atoms with E-state index in [1.54, 1.807) is 25.6 Å². The largest absolute Gasteiger partial charge is 0.355 e. The smallest absolute Gasteiger partial charge is 0.255 e. The topological polar surface area (TPSA) is 96.0 Å². The van der Waals surface area contributed by atoms with Gasteiger partial charge >= 0.3 is 0 Å². The Balaban J connectivity index is 1.36. The van der Waals surface area contributed by atoms with Crippen molar-refractivity contribution in [2.45, 2.75) is 49.3 Å². The number of rotatable bonds is 9. The van der Waals surface area contributed by atoms with E-state index in [9.17, 15) is 14.0 Å². The van der Waals surface area contributed by atoms with Crippen molar-refractivity contribution in [3.8, 4) is 0 Å². The molecule has 35 heavy (non-hydrogen) atoms. The number of carbonyl (C=O) groups is 2. The van der Waals surface area contributed by atoms with Crippen LogP contribution in [-0.2, 0) is 17.0 Å². The average Bonchev–Trinajstić information content (AvgIpc) is 3.64. The molecule has 0 bridgehead atoms. The van der Waals surface area contributed by atoms with Gasteiger partial charge in [0.15, 0.2) is 0 Å². The van der Waals surface area contributed by atoms with Gasteiger partial charge in [-0.2, -0.15) is 0 Å². The molecule has 0 radical (unpaired) electrons. The molecular weight excluding hydrogens is 465 g/mol. The minimum Gasteiger partial charge on any atom is -0.355 e. The zero-order valence-electron chi connectivity index (χ0n) is 19.9. The van der Waals surface area contributed by atoms with Crippen LogP contribution < -0.4 is 16.0 Å². The molecule has 1 aliphatic carbocycles. The van der Waals surface area contributed by atoms with Gasteiger partial charge in [0.05, 0.1) is 5.56 Å². The number of aromatic nitrogens is 2. The molecule has 182 valence electrons. The minimum absolute atomic E-state index is 0.214. The Morgan fingerprint density at radius 1 is 1.09 bits per heavy atom. The van der Waals surface area contributed by atoms with Crippen LogP contribution in [0.2, 0.25) is 0 Å². The molecule has 3 N–H and O–H groups in total. The van der Waals surface area contributed by atoms with Crippen LogP contribution in [0.1, 0.15) is 48.2 Å². The fraction of sp³-hybridized carbons (Fsp3) is 0.308. The van der Waals surface area contributed by atoms with E-state index in [0.29, 0.717) is 36.2 Å². The Labute approximate surface area is 208 Å². The number of benzene rings is 2. The number of anilines is 2. The van der Waals surface area contributed by atoms with E-state index < -0.39 is 11.2 Å². The molecule has 1 aliphatic rings. The van der Waals surface area contributed by atoms with Gasteiger partial charge in [0, 0.05) is 40.8 Å². The molecule has 0 saturated heterocycles. The van der Waals surface area contributed by atoms with Crippen LogP contribution in [0.25, 0.3) is 0 Å². The van der Waals surface area contributed by atoms with E-state index in [-0.39, 0.29) is 11.8 Å². The molecule has 1 heterocycles.